The maximum absolute atomic E-state index is 4.54. The van der Waals surface area contributed by atoms with Crippen LogP contribution < -0.4 is 5.32 Å². The Labute approximate surface area is 131 Å². The van der Waals surface area contributed by atoms with Crippen molar-refractivity contribution < 1.29 is 0 Å². The van der Waals surface area contributed by atoms with Crippen molar-refractivity contribution in [3.05, 3.63) is 15.9 Å². The van der Waals surface area contributed by atoms with E-state index in [1.54, 1.807) is 0 Å². The summed E-state index contributed by atoms with van der Waals surface area (Å²) in [5, 5.41) is 8.12. The lowest BCUT2D eigenvalue weighted by atomic mass is 10.1. The van der Waals surface area contributed by atoms with Crippen LogP contribution in [0, 0.1) is 0 Å². The molecule has 0 spiro atoms. The van der Waals surface area contributed by atoms with Gasteiger partial charge in [-0.05, 0) is 55.2 Å². The van der Waals surface area contributed by atoms with Gasteiger partial charge in [0.25, 0.3) is 0 Å². The second kappa shape index (κ2) is 7.57. The highest BCUT2D eigenvalue weighted by atomic mass is 79.9. The molecule has 1 saturated heterocycles. The largest absolute Gasteiger partial charge is 0.310 e. The van der Waals surface area contributed by atoms with Crippen LogP contribution in [0.5, 0.6) is 0 Å². The maximum atomic E-state index is 4.54. The predicted molar refractivity (Wildman–Crippen MR) is 86.9 cm³/mol. The molecule has 0 amide bonds. The van der Waals surface area contributed by atoms with Crippen molar-refractivity contribution >= 4 is 15.9 Å². The zero-order chi connectivity index (χ0) is 14.5. The Kier molecular flexibility index (Phi) is 6.05. The number of aromatic nitrogens is 2. The molecule has 1 aliphatic rings. The second-order valence-corrected chi connectivity index (χ2v) is 6.55. The molecule has 0 saturated carbocycles. The second-order valence-electron chi connectivity index (χ2n) is 5.76. The molecule has 4 nitrogen and oxygen atoms in total. The summed E-state index contributed by atoms with van der Waals surface area (Å²) >= 11 is 3.67. The fourth-order valence-corrected chi connectivity index (χ4v) is 3.66. The first-order valence-electron chi connectivity index (χ1n) is 7.78. The highest BCUT2D eigenvalue weighted by Gasteiger charge is 2.17. The number of hydrogen-bond donors (Lipinski definition) is 1. The van der Waals surface area contributed by atoms with Gasteiger partial charge in [0, 0.05) is 26.2 Å². The Bertz CT molecular complexity index is 424. The summed E-state index contributed by atoms with van der Waals surface area (Å²) in [5.41, 5.74) is 2.39. The fourth-order valence-electron chi connectivity index (χ4n) is 2.90. The standard InChI is InChI=1S/C15H27BrN4/c1-4-13-15(16)14(19(3)18-13)11-17-10-12(2)20-8-6-5-7-9-20/h12,17H,4-11H2,1-3H3. The zero-order valence-electron chi connectivity index (χ0n) is 13.0. The van der Waals surface area contributed by atoms with Crippen LogP contribution in [0.3, 0.4) is 0 Å². The van der Waals surface area contributed by atoms with Crippen LogP contribution in [-0.2, 0) is 20.0 Å². The third kappa shape index (κ3) is 3.83. The molecule has 1 fully saturated rings. The van der Waals surface area contributed by atoms with E-state index < -0.39 is 0 Å². The molecule has 2 rings (SSSR count). The van der Waals surface area contributed by atoms with Crippen LogP contribution in [0.15, 0.2) is 4.47 Å². The Hall–Kier alpha value is -0.390. The molecule has 1 aliphatic heterocycles. The van der Waals surface area contributed by atoms with Gasteiger partial charge in [-0.2, -0.15) is 5.10 Å². The van der Waals surface area contributed by atoms with Crippen molar-refractivity contribution in [1.82, 2.24) is 20.0 Å². The Morgan fingerprint density at radius 3 is 2.60 bits per heavy atom. The highest BCUT2D eigenvalue weighted by molar-refractivity contribution is 9.10. The van der Waals surface area contributed by atoms with E-state index in [0.717, 1.165) is 25.2 Å². The van der Waals surface area contributed by atoms with Crippen molar-refractivity contribution in [2.24, 2.45) is 7.05 Å². The number of nitrogens with one attached hydrogen (secondary N) is 1. The first-order valence-corrected chi connectivity index (χ1v) is 8.57. The van der Waals surface area contributed by atoms with Crippen molar-refractivity contribution in [2.45, 2.75) is 52.1 Å². The van der Waals surface area contributed by atoms with Gasteiger partial charge in [0.15, 0.2) is 0 Å². The average molecular weight is 343 g/mol. The van der Waals surface area contributed by atoms with Crippen molar-refractivity contribution in [3.8, 4) is 0 Å². The molecule has 1 aromatic rings. The van der Waals surface area contributed by atoms with E-state index >= 15 is 0 Å². The number of halogens is 1. The Morgan fingerprint density at radius 2 is 2.00 bits per heavy atom. The third-order valence-electron chi connectivity index (χ3n) is 4.25. The van der Waals surface area contributed by atoms with Gasteiger partial charge in [-0.25, -0.2) is 0 Å². The quantitative estimate of drug-likeness (QED) is 0.862. The van der Waals surface area contributed by atoms with Crippen LogP contribution in [-0.4, -0.2) is 40.4 Å². The Balaban J connectivity index is 1.82. The topological polar surface area (TPSA) is 33.1 Å². The zero-order valence-corrected chi connectivity index (χ0v) is 14.5. The van der Waals surface area contributed by atoms with E-state index in [2.05, 4.69) is 45.1 Å². The molecule has 114 valence electrons. The monoisotopic (exact) mass is 342 g/mol. The maximum Gasteiger partial charge on any atom is 0.0767 e. The van der Waals surface area contributed by atoms with Gasteiger partial charge in [-0.15, -0.1) is 0 Å². The fraction of sp³-hybridized carbons (Fsp3) is 0.800. The Morgan fingerprint density at radius 1 is 1.30 bits per heavy atom. The number of piperidine rings is 1. The minimum Gasteiger partial charge on any atom is -0.310 e. The lowest BCUT2D eigenvalue weighted by molar-refractivity contribution is 0.170. The molecule has 20 heavy (non-hydrogen) atoms. The SMILES string of the molecule is CCc1nn(C)c(CNCC(C)N2CCCCC2)c1Br. The molecule has 1 aromatic heterocycles. The summed E-state index contributed by atoms with van der Waals surface area (Å²) in [6.45, 7) is 8.91. The first-order chi connectivity index (χ1) is 9.63. The number of aryl methyl sites for hydroxylation is 2. The first kappa shape index (κ1) is 16.0. The lowest BCUT2D eigenvalue weighted by Gasteiger charge is -2.32. The number of rotatable bonds is 6. The van der Waals surface area contributed by atoms with E-state index in [0.29, 0.717) is 6.04 Å². The van der Waals surface area contributed by atoms with Gasteiger partial charge in [-0.1, -0.05) is 13.3 Å². The van der Waals surface area contributed by atoms with Gasteiger partial charge in [0.1, 0.15) is 0 Å². The molecule has 2 heterocycles. The molecule has 5 heteroatoms. The van der Waals surface area contributed by atoms with Crippen LogP contribution in [0.4, 0.5) is 0 Å². The van der Waals surface area contributed by atoms with E-state index in [9.17, 15) is 0 Å². The van der Waals surface area contributed by atoms with Gasteiger partial charge >= 0.3 is 0 Å². The summed E-state index contributed by atoms with van der Waals surface area (Å²) in [5.74, 6) is 0. The smallest absolute Gasteiger partial charge is 0.0767 e. The molecule has 0 radical (unpaired) electrons. The summed E-state index contributed by atoms with van der Waals surface area (Å²) in [6.07, 6.45) is 5.09. The van der Waals surface area contributed by atoms with Gasteiger partial charge in [0.05, 0.1) is 15.9 Å². The van der Waals surface area contributed by atoms with Crippen LogP contribution in [0.2, 0.25) is 0 Å². The summed E-state index contributed by atoms with van der Waals surface area (Å²) in [7, 11) is 2.02. The summed E-state index contributed by atoms with van der Waals surface area (Å²) < 4.78 is 3.15. The predicted octanol–water partition coefficient (Wildman–Crippen LogP) is 2.71. The normalized spacial score (nSPS) is 18.4. The number of likely N-dealkylation sites (tertiary alicyclic amines) is 1. The van der Waals surface area contributed by atoms with Crippen LogP contribution in [0.1, 0.15) is 44.5 Å². The van der Waals surface area contributed by atoms with E-state index in [-0.39, 0.29) is 0 Å². The molecular weight excluding hydrogens is 316 g/mol. The van der Waals surface area contributed by atoms with Crippen LogP contribution in [0.25, 0.3) is 0 Å². The highest BCUT2D eigenvalue weighted by Crippen LogP contribution is 2.21. The van der Waals surface area contributed by atoms with E-state index in [1.807, 2.05) is 11.7 Å². The molecule has 1 unspecified atom stereocenters. The van der Waals surface area contributed by atoms with Gasteiger partial charge < -0.3 is 5.32 Å². The third-order valence-corrected chi connectivity index (χ3v) is 5.16. The molecule has 0 aliphatic carbocycles. The number of hydrogen-bond acceptors (Lipinski definition) is 3. The van der Waals surface area contributed by atoms with Crippen molar-refractivity contribution in [2.75, 3.05) is 19.6 Å². The van der Waals surface area contributed by atoms with Crippen molar-refractivity contribution in [1.29, 1.82) is 0 Å². The van der Waals surface area contributed by atoms with Gasteiger partial charge in [-0.3, -0.25) is 9.58 Å². The minimum atomic E-state index is 0.618. The van der Waals surface area contributed by atoms with Crippen molar-refractivity contribution in [3.63, 3.8) is 0 Å². The lowest BCUT2D eigenvalue weighted by Crippen LogP contribution is -2.43. The van der Waals surface area contributed by atoms with E-state index in [1.165, 1.54) is 42.5 Å². The molecule has 0 bridgehead atoms. The number of nitrogens with zero attached hydrogens (tertiary/aromatic N) is 3. The van der Waals surface area contributed by atoms with E-state index in [4.69, 9.17) is 0 Å². The summed E-state index contributed by atoms with van der Waals surface area (Å²) in [4.78, 5) is 2.60. The molecular formula is C15H27BrN4. The molecule has 0 aromatic carbocycles. The molecule has 1 atom stereocenters. The average Bonchev–Trinajstić information content (AvgIpc) is 2.75. The summed E-state index contributed by atoms with van der Waals surface area (Å²) in [6, 6.07) is 0.618. The van der Waals surface area contributed by atoms with Crippen LogP contribution >= 0.6 is 15.9 Å². The minimum absolute atomic E-state index is 0.618. The van der Waals surface area contributed by atoms with Gasteiger partial charge in [0.2, 0.25) is 0 Å². The molecule has 1 N–H and O–H groups in total.